The highest BCUT2D eigenvalue weighted by atomic mass is 16.5. The molecule has 1 atom stereocenters. The van der Waals surface area contributed by atoms with Crippen LogP contribution in [0.5, 0.6) is 0 Å². The zero-order valence-electron chi connectivity index (χ0n) is 13.9. The standard InChI is InChI=1S/C17H18N6O2/c1-2-14-19-16(25-22-14)11-6-5-9-23(10-11)17(24)15-18-12-7-3-4-8-13(12)20-21-15/h3-4,7-8,11H,2,5-6,9-10H2,1H3/t11-/m0/s1. The van der Waals surface area contributed by atoms with Crippen molar-refractivity contribution < 1.29 is 9.32 Å². The molecule has 25 heavy (non-hydrogen) atoms. The van der Waals surface area contributed by atoms with E-state index in [0.29, 0.717) is 35.8 Å². The van der Waals surface area contributed by atoms with Gasteiger partial charge in [0.25, 0.3) is 5.91 Å². The number of amides is 1. The normalized spacial score (nSPS) is 17.8. The Bertz CT molecular complexity index is 909. The van der Waals surface area contributed by atoms with E-state index in [1.165, 1.54) is 0 Å². The average molecular weight is 338 g/mol. The SMILES string of the molecule is CCc1noc([C@H]2CCCN(C(=O)c3nnc4ccccc4n3)C2)n1. The third-order valence-electron chi connectivity index (χ3n) is 4.41. The van der Waals surface area contributed by atoms with Crippen molar-refractivity contribution in [3.8, 4) is 0 Å². The van der Waals surface area contributed by atoms with Crippen molar-refractivity contribution in [1.82, 2.24) is 30.2 Å². The van der Waals surface area contributed by atoms with Crippen molar-refractivity contribution in [2.45, 2.75) is 32.1 Å². The van der Waals surface area contributed by atoms with Crippen molar-refractivity contribution in [3.63, 3.8) is 0 Å². The Morgan fingerprint density at radius 2 is 2.08 bits per heavy atom. The molecular formula is C17H18N6O2. The van der Waals surface area contributed by atoms with Gasteiger partial charge in [0.1, 0.15) is 5.52 Å². The van der Waals surface area contributed by atoms with Gasteiger partial charge >= 0.3 is 0 Å². The first kappa shape index (κ1) is 15.6. The first-order valence-corrected chi connectivity index (χ1v) is 8.46. The van der Waals surface area contributed by atoms with Gasteiger partial charge in [-0.2, -0.15) is 4.98 Å². The Kier molecular flexibility index (Phi) is 4.09. The number of nitrogens with zero attached hydrogens (tertiary/aromatic N) is 6. The van der Waals surface area contributed by atoms with Crippen LogP contribution in [0.2, 0.25) is 0 Å². The molecule has 1 aromatic carbocycles. The second kappa shape index (κ2) is 6.54. The molecule has 0 aliphatic carbocycles. The van der Waals surface area contributed by atoms with Gasteiger partial charge in [0, 0.05) is 19.5 Å². The summed E-state index contributed by atoms with van der Waals surface area (Å²) in [6.45, 7) is 3.18. The quantitative estimate of drug-likeness (QED) is 0.720. The molecule has 1 aliphatic rings. The predicted molar refractivity (Wildman–Crippen MR) is 88.9 cm³/mol. The van der Waals surface area contributed by atoms with Crippen LogP contribution in [0.25, 0.3) is 11.0 Å². The van der Waals surface area contributed by atoms with Crippen molar-refractivity contribution in [1.29, 1.82) is 0 Å². The highest BCUT2D eigenvalue weighted by Crippen LogP contribution is 2.26. The number of hydrogen-bond acceptors (Lipinski definition) is 7. The number of hydrogen-bond donors (Lipinski definition) is 0. The maximum atomic E-state index is 12.8. The molecule has 128 valence electrons. The number of fused-ring (bicyclic) bond motifs is 1. The predicted octanol–water partition coefficient (Wildman–Crippen LogP) is 1.99. The van der Waals surface area contributed by atoms with Gasteiger partial charge in [0.05, 0.1) is 11.4 Å². The molecular weight excluding hydrogens is 320 g/mol. The van der Waals surface area contributed by atoms with Gasteiger partial charge in [-0.1, -0.05) is 24.2 Å². The Balaban J connectivity index is 1.54. The molecule has 0 N–H and O–H groups in total. The van der Waals surface area contributed by atoms with E-state index in [9.17, 15) is 4.79 Å². The van der Waals surface area contributed by atoms with Crippen molar-refractivity contribution in [3.05, 3.63) is 41.8 Å². The number of piperidine rings is 1. The zero-order chi connectivity index (χ0) is 17.2. The molecule has 0 unspecified atom stereocenters. The average Bonchev–Trinajstić information content (AvgIpc) is 3.16. The van der Waals surface area contributed by atoms with Gasteiger partial charge in [-0.15, -0.1) is 10.2 Å². The molecule has 1 saturated heterocycles. The Hall–Kier alpha value is -2.90. The molecule has 1 fully saturated rings. The Morgan fingerprint density at radius 1 is 1.24 bits per heavy atom. The van der Waals surface area contributed by atoms with E-state index >= 15 is 0 Å². The van der Waals surface area contributed by atoms with Crippen LogP contribution in [-0.4, -0.2) is 49.2 Å². The molecule has 8 heteroatoms. The van der Waals surface area contributed by atoms with Crippen LogP contribution in [-0.2, 0) is 6.42 Å². The van der Waals surface area contributed by atoms with Crippen LogP contribution < -0.4 is 0 Å². The molecule has 1 aliphatic heterocycles. The van der Waals surface area contributed by atoms with Crippen molar-refractivity contribution >= 4 is 16.9 Å². The lowest BCUT2D eigenvalue weighted by Gasteiger charge is -2.30. The second-order valence-electron chi connectivity index (χ2n) is 6.12. The fourth-order valence-electron chi connectivity index (χ4n) is 3.05. The molecule has 8 nitrogen and oxygen atoms in total. The fraction of sp³-hybridized carbons (Fsp3) is 0.412. The minimum Gasteiger partial charge on any atom is -0.339 e. The van der Waals surface area contributed by atoms with Gasteiger partial charge in [-0.3, -0.25) is 4.79 Å². The summed E-state index contributed by atoms with van der Waals surface area (Å²) in [6, 6.07) is 7.37. The molecule has 0 bridgehead atoms. The number of para-hydroxylation sites is 1. The maximum absolute atomic E-state index is 12.8. The molecule has 2 aromatic heterocycles. The van der Waals surface area contributed by atoms with E-state index in [1.807, 2.05) is 31.2 Å². The number of carbonyl (C=O) groups is 1. The van der Waals surface area contributed by atoms with Gasteiger partial charge in [-0.25, -0.2) is 4.98 Å². The topological polar surface area (TPSA) is 97.9 Å². The van der Waals surface area contributed by atoms with E-state index < -0.39 is 0 Å². The number of aryl methyl sites for hydroxylation is 1. The minimum atomic E-state index is -0.210. The van der Waals surface area contributed by atoms with Crippen LogP contribution in [0, 0.1) is 0 Å². The van der Waals surface area contributed by atoms with E-state index in [0.717, 1.165) is 19.3 Å². The summed E-state index contributed by atoms with van der Waals surface area (Å²) in [5, 5.41) is 12.0. The van der Waals surface area contributed by atoms with Crippen molar-refractivity contribution in [2.24, 2.45) is 0 Å². The monoisotopic (exact) mass is 338 g/mol. The summed E-state index contributed by atoms with van der Waals surface area (Å²) in [5.41, 5.74) is 1.34. The number of likely N-dealkylation sites (tertiary alicyclic amines) is 1. The largest absolute Gasteiger partial charge is 0.339 e. The lowest BCUT2D eigenvalue weighted by molar-refractivity contribution is 0.0682. The number of aromatic nitrogens is 5. The zero-order valence-corrected chi connectivity index (χ0v) is 13.9. The molecule has 0 radical (unpaired) electrons. The van der Waals surface area contributed by atoms with E-state index in [-0.39, 0.29) is 17.6 Å². The van der Waals surface area contributed by atoms with Crippen LogP contribution in [0.4, 0.5) is 0 Å². The summed E-state index contributed by atoms with van der Waals surface area (Å²) in [5.74, 6) is 1.27. The van der Waals surface area contributed by atoms with Crippen molar-refractivity contribution in [2.75, 3.05) is 13.1 Å². The molecule has 3 heterocycles. The number of carbonyl (C=O) groups excluding carboxylic acids is 1. The molecule has 3 aromatic rings. The van der Waals surface area contributed by atoms with Gasteiger partial charge in [-0.05, 0) is 25.0 Å². The van der Waals surface area contributed by atoms with Crippen LogP contribution >= 0.6 is 0 Å². The van der Waals surface area contributed by atoms with Gasteiger partial charge < -0.3 is 9.42 Å². The second-order valence-corrected chi connectivity index (χ2v) is 6.12. The highest BCUT2D eigenvalue weighted by molar-refractivity contribution is 5.92. The Morgan fingerprint density at radius 3 is 2.88 bits per heavy atom. The van der Waals surface area contributed by atoms with Crippen LogP contribution in [0.3, 0.4) is 0 Å². The molecule has 0 saturated carbocycles. The molecule has 1 amide bonds. The highest BCUT2D eigenvalue weighted by Gasteiger charge is 2.30. The minimum absolute atomic E-state index is 0.0546. The summed E-state index contributed by atoms with van der Waals surface area (Å²) >= 11 is 0. The lowest BCUT2D eigenvalue weighted by atomic mass is 9.98. The van der Waals surface area contributed by atoms with Crippen LogP contribution in [0.1, 0.15) is 48.0 Å². The first-order valence-electron chi connectivity index (χ1n) is 8.46. The smallest absolute Gasteiger partial charge is 0.293 e. The van der Waals surface area contributed by atoms with E-state index in [4.69, 9.17) is 4.52 Å². The lowest BCUT2D eigenvalue weighted by Crippen LogP contribution is -2.40. The summed E-state index contributed by atoms with van der Waals surface area (Å²) in [4.78, 5) is 23.3. The van der Waals surface area contributed by atoms with Gasteiger partial charge in [0.2, 0.25) is 11.7 Å². The summed E-state index contributed by atoms with van der Waals surface area (Å²) < 4.78 is 5.34. The third-order valence-corrected chi connectivity index (χ3v) is 4.41. The van der Waals surface area contributed by atoms with E-state index in [1.54, 1.807) is 4.90 Å². The van der Waals surface area contributed by atoms with Crippen LogP contribution in [0.15, 0.2) is 28.8 Å². The molecule has 4 rings (SSSR count). The van der Waals surface area contributed by atoms with Gasteiger partial charge in [0.15, 0.2) is 5.82 Å². The fourth-order valence-corrected chi connectivity index (χ4v) is 3.05. The molecule has 0 spiro atoms. The number of rotatable bonds is 3. The summed E-state index contributed by atoms with van der Waals surface area (Å²) in [7, 11) is 0. The summed E-state index contributed by atoms with van der Waals surface area (Å²) in [6.07, 6.45) is 2.53. The van der Waals surface area contributed by atoms with E-state index in [2.05, 4.69) is 25.3 Å². The Labute approximate surface area is 144 Å². The number of benzene rings is 1. The first-order chi connectivity index (χ1) is 12.2. The maximum Gasteiger partial charge on any atom is 0.293 e. The third kappa shape index (κ3) is 3.07.